The summed E-state index contributed by atoms with van der Waals surface area (Å²) in [5.74, 6) is -0.340. The minimum atomic E-state index is -0.340. The Morgan fingerprint density at radius 2 is 2.09 bits per heavy atom. The van der Waals surface area contributed by atoms with E-state index in [1.807, 2.05) is 31.2 Å². The number of hydrogen-bond donors (Lipinski definition) is 0. The number of benzene rings is 1. The summed E-state index contributed by atoms with van der Waals surface area (Å²) in [6, 6.07) is 7.64. The molecule has 0 aliphatic rings. The number of hydrogen-bond acceptors (Lipinski definition) is 6. The first-order chi connectivity index (χ1) is 10.6. The fourth-order valence-corrected chi connectivity index (χ4v) is 2.70. The first-order valence-electron chi connectivity index (χ1n) is 6.71. The molecule has 1 atom stereocenters. The zero-order chi connectivity index (χ0) is 15.5. The van der Waals surface area contributed by atoms with Gasteiger partial charge in [-0.3, -0.25) is 0 Å². The van der Waals surface area contributed by atoms with Crippen LogP contribution in [-0.4, -0.2) is 25.7 Å². The highest BCUT2D eigenvalue weighted by Crippen LogP contribution is 2.22. The summed E-state index contributed by atoms with van der Waals surface area (Å²) in [6.45, 7) is 3.64. The van der Waals surface area contributed by atoms with Crippen molar-refractivity contribution in [2.75, 3.05) is 0 Å². The quantitative estimate of drug-likeness (QED) is 0.692. The number of carbonyl (C=O) groups is 1. The van der Waals surface area contributed by atoms with Crippen molar-refractivity contribution in [3.8, 4) is 5.69 Å². The molecule has 0 saturated carbocycles. The third-order valence-corrected chi connectivity index (χ3v) is 4.17. The molecular formula is C15H14N4O2S. The van der Waals surface area contributed by atoms with Crippen molar-refractivity contribution in [1.29, 1.82) is 0 Å². The average molecular weight is 314 g/mol. The van der Waals surface area contributed by atoms with Crippen LogP contribution in [0.25, 0.3) is 5.69 Å². The molecule has 1 unspecified atom stereocenters. The van der Waals surface area contributed by atoms with Crippen LogP contribution in [0.15, 0.2) is 42.4 Å². The number of rotatable bonds is 4. The number of ether oxygens (including phenoxy) is 1. The van der Waals surface area contributed by atoms with Crippen molar-refractivity contribution in [2.45, 2.75) is 20.0 Å². The van der Waals surface area contributed by atoms with Crippen LogP contribution in [0.4, 0.5) is 0 Å². The lowest BCUT2D eigenvalue weighted by Crippen LogP contribution is -2.09. The van der Waals surface area contributed by atoms with Gasteiger partial charge in [-0.1, -0.05) is 12.1 Å². The van der Waals surface area contributed by atoms with Gasteiger partial charge in [0, 0.05) is 0 Å². The lowest BCUT2D eigenvalue weighted by atomic mass is 10.1. The van der Waals surface area contributed by atoms with Gasteiger partial charge in [0.1, 0.15) is 23.6 Å². The van der Waals surface area contributed by atoms with E-state index >= 15 is 0 Å². The van der Waals surface area contributed by atoms with E-state index in [4.69, 9.17) is 4.74 Å². The van der Waals surface area contributed by atoms with Crippen molar-refractivity contribution in [1.82, 2.24) is 19.7 Å². The lowest BCUT2D eigenvalue weighted by molar-refractivity contribution is 0.0342. The number of aromatic nitrogens is 4. The molecule has 2 aromatic heterocycles. The molecule has 22 heavy (non-hydrogen) atoms. The molecule has 6 nitrogen and oxygen atoms in total. The van der Waals surface area contributed by atoms with Gasteiger partial charge in [0.2, 0.25) is 0 Å². The van der Waals surface area contributed by atoms with Gasteiger partial charge in [-0.25, -0.2) is 19.4 Å². The van der Waals surface area contributed by atoms with E-state index in [0.29, 0.717) is 10.6 Å². The average Bonchev–Trinajstić information content (AvgIpc) is 3.18. The van der Waals surface area contributed by atoms with E-state index in [1.165, 1.54) is 17.7 Å². The Kier molecular flexibility index (Phi) is 3.97. The van der Waals surface area contributed by atoms with Crippen LogP contribution in [0.3, 0.4) is 0 Å². The van der Waals surface area contributed by atoms with Gasteiger partial charge in [-0.2, -0.15) is 5.10 Å². The predicted molar refractivity (Wildman–Crippen MR) is 82.0 cm³/mol. The van der Waals surface area contributed by atoms with Crippen LogP contribution < -0.4 is 0 Å². The molecule has 7 heteroatoms. The lowest BCUT2D eigenvalue weighted by Gasteiger charge is -2.13. The van der Waals surface area contributed by atoms with Crippen molar-refractivity contribution in [3.63, 3.8) is 0 Å². The van der Waals surface area contributed by atoms with E-state index in [-0.39, 0.29) is 12.1 Å². The normalized spacial score (nSPS) is 12.1. The highest BCUT2D eigenvalue weighted by atomic mass is 32.1. The summed E-state index contributed by atoms with van der Waals surface area (Å²) in [5.41, 5.74) is 4.16. The summed E-state index contributed by atoms with van der Waals surface area (Å²) < 4.78 is 7.16. The highest BCUT2D eigenvalue weighted by molar-refractivity contribution is 7.11. The molecule has 112 valence electrons. The molecule has 0 aliphatic carbocycles. The Morgan fingerprint density at radius 3 is 2.68 bits per heavy atom. The second-order valence-electron chi connectivity index (χ2n) is 4.75. The number of carbonyl (C=O) groups excluding carboxylic acids is 1. The standard InChI is InChI=1S/C15H14N4O2S/c1-10-14(22-9-17-10)15(20)21-11(2)12-3-5-13(6-4-12)19-8-16-7-18-19/h3-9,11H,1-2H3. The van der Waals surface area contributed by atoms with Crippen molar-refractivity contribution >= 4 is 17.3 Å². The Hall–Kier alpha value is -2.54. The minimum absolute atomic E-state index is 0.334. The van der Waals surface area contributed by atoms with Gasteiger partial charge >= 0.3 is 5.97 Å². The first kappa shape index (κ1) is 14.4. The Bertz CT molecular complexity index is 765. The maximum Gasteiger partial charge on any atom is 0.350 e. The maximum absolute atomic E-state index is 12.1. The third-order valence-electron chi connectivity index (χ3n) is 3.26. The molecule has 0 saturated heterocycles. The van der Waals surface area contributed by atoms with Crippen LogP contribution in [0.2, 0.25) is 0 Å². The van der Waals surface area contributed by atoms with Gasteiger partial charge < -0.3 is 4.74 Å². The monoisotopic (exact) mass is 314 g/mol. The summed E-state index contributed by atoms with van der Waals surface area (Å²) in [7, 11) is 0. The molecule has 2 heterocycles. The SMILES string of the molecule is Cc1ncsc1C(=O)OC(C)c1ccc(-n2cncn2)cc1. The van der Waals surface area contributed by atoms with Crippen LogP contribution >= 0.6 is 11.3 Å². The van der Waals surface area contributed by atoms with E-state index in [1.54, 1.807) is 23.4 Å². The molecule has 0 amide bonds. The molecule has 0 spiro atoms. The van der Waals surface area contributed by atoms with Crippen LogP contribution in [-0.2, 0) is 4.74 Å². The van der Waals surface area contributed by atoms with E-state index < -0.39 is 0 Å². The molecule has 1 aromatic carbocycles. The van der Waals surface area contributed by atoms with Crippen LogP contribution in [0.5, 0.6) is 0 Å². The largest absolute Gasteiger partial charge is 0.454 e. The van der Waals surface area contributed by atoms with E-state index in [0.717, 1.165) is 11.3 Å². The van der Waals surface area contributed by atoms with Crippen molar-refractivity contribution in [2.24, 2.45) is 0 Å². The number of aryl methyl sites for hydroxylation is 1. The summed E-state index contributed by atoms with van der Waals surface area (Å²) in [4.78, 5) is 20.6. The van der Waals surface area contributed by atoms with Crippen LogP contribution in [0, 0.1) is 6.92 Å². The van der Waals surface area contributed by atoms with Crippen molar-refractivity contribution < 1.29 is 9.53 Å². The fourth-order valence-electron chi connectivity index (χ4n) is 2.02. The predicted octanol–water partition coefficient (Wildman–Crippen LogP) is 2.95. The molecule has 0 aliphatic heterocycles. The Morgan fingerprint density at radius 1 is 1.32 bits per heavy atom. The minimum Gasteiger partial charge on any atom is -0.454 e. The van der Waals surface area contributed by atoms with E-state index in [9.17, 15) is 4.79 Å². The topological polar surface area (TPSA) is 69.9 Å². The van der Waals surface area contributed by atoms with E-state index in [2.05, 4.69) is 15.1 Å². The van der Waals surface area contributed by atoms with Crippen LogP contribution in [0.1, 0.15) is 34.0 Å². The summed E-state index contributed by atoms with van der Waals surface area (Å²) in [5, 5.41) is 4.07. The molecule has 0 radical (unpaired) electrons. The zero-order valence-corrected chi connectivity index (χ0v) is 12.9. The Balaban J connectivity index is 1.71. The number of esters is 1. The second kappa shape index (κ2) is 6.07. The fraction of sp³-hybridized carbons (Fsp3) is 0.200. The van der Waals surface area contributed by atoms with Gasteiger partial charge in [0.25, 0.3) is 0 Å². The molecule has 3 rings (SSSR count). The number of thiazole rings is 1. The zero-order valence-electron chi connectivity index (χ0n) is 12.1. The first-order valence-corrected chi connectivity index (χ1v) is 7.59. The van der Waals surface area contributed by atoms with Gasteiger partial charge in [-0.05, 0) is 31.5 Å². The molecule has 3 aromatic rings. The third kappa shape index (κ3) is 2.89. The summed E-state index contributed by atoms with van der Waals surface area (Å²) >= 11 is 1.29. The molecule has 0 N–H and O–H groups in total. The van der Waals surface area contributed by atoms with Gasteiger partial charge in [0.05, 0.1) is 16.9 Å². The maximum atomic E-state index is 12.1. The molecular weight excluding hydrogens is 300 g/mol. The molecule has 0 fully saturated rings. The molecule has 0 bridgehead atoms. The highest BCUT2D eigenvalue weighted by Gasteiger charge is 2.17. The van der Waals surface area contributed by atoms with Gasteiger partial charge in [0.15, 0.2) is 0 Å². The number of nitrogens with zero attached hydrogens (tertiary/aromatic N) is 4. The summed E-state index contributed by atoms with van der Waals surface area (Å²) in [6.07, 6.45) is 2.78. The van der Waals surface area contributed by atoms with Gasteiger partial charge in [-0.15, -0.1) is 11.3 Å². The second-order valence-corrected chi connectivity index (χ2v) is 5.60. The Labute approximate surface area is 131 Å². The van der Waals surface area contributed by atoms with Crippen molar-refractivity contribution in [3.05, 3.63) is 58.6 Å². The smallest absolute Gasteiger partial charge is 0.350 e.